The van der Waals surface area contributed by atoms with Crippen LogP contribution in [0.3, 0.4) is 0 Å². The van der Waals surface area contributed by atoms with Gasteiger partial charge in [0.05, 0.1) is 0 Å². The second-order valence-electron chi connectivity index (χ2n) is 8.95. The molecule has 2 fully saturated rings. The van der Waals surface area contributed by atoms with Gasteiger partial charge in [-0.2, -0.15) is 0 Å². The molecule has 1 aliphatic carbocycles. The number of carbonyl (C=O) groups is 1. The van der Waals surface area contributed by atoms with Crippen LogP contribution in [-0.4, -0.2) is 36.0 Å². The van der Waals surface area contributed by atoms with Crippen LogP contribution in [0.5, 0.6) is 0 Å². The van der Waals surface area contributed by atoms with E-state index in [1.807, 2.05) is 36.4 Å². The van der Waals surface area contributed by atoms with Crippen molar-refractivity contribution in [3.63, 3.8) is 0 Å². The maximum absolute atomic E-state index is 12.9. The van der Waals surface area contributed by atoms with Crippen LogP contribution in [0.1, 0.15) is 67.3 Å². The van der Waals surface area contributed by atoms with Crippen LogP contribution in [-0.2, 0) is 5.75 Å². The van der Waals surface area contributed by atoms with E-state index < -0.39 is 0 Å². The van der Waals surface area contributed by atoms with Crippen molar-refractivity contribution in [1.29, 1.82) is 0 Å². The number of hydrogen-bond acceptors (Lipinski definition) is 3. The molecule has 2 aromatic rings. The zero-order valence-electron chi connectivity index (χ0n) is 18.2. The number of amides is 1. The fourth-order valence-corrected chi connectivity index (χ4v) is 5.96. The highest BCUT2D eigenvalue weighted by Crippen LogP contribution is 2.35. The minimum atomic E-state index is 0.0545. The lowest BCUT2D eigenvalue weighted by Gasteiger charge is -2.48. The number of nitrogens with one attached hydrogen (secondary N) is 1. The molecule has 3 nitrogen and oxygen atoms in total. The average molecular weight is 457 g/mol. The summed E-state index contributed by atoms with van der Waals surface area (Å²) in [5.74, 6) is 0.931. The van der Waals surface area contributed by atoms with E-state index in [0.717, 1.165) is 22.9 Å². The van der Waals surface area contributed by atoms with Gasteiger partial charge in [0.2, 0.25) is 0 Å². The van der Waals surface area contributed by atoms with Gasteiger partial charge in [0, 0.05) is 33.3 Å². The van der Waals surface area contributed by atoms with Crippen LogP contribution in [0.2, 0.25) is 5.02 Å². The topological polar surface area (TPSA) is 32.3 Å². The van der Waals surface area contributed by atoms with Gasteiger partial charge in [-0.25, -0.2) is 0 Å². The zero-order valence-corrected chi connectivity index (χ0v) is 19.8. The van der Waals surface area contributed by atoms with Crippen LogP contribution >= 0.6 is 23.4 Å². The number of rotatable bonds is 7. The van der Waals surface area contributed by atoms with Gasteiger partial charge >= 0.3 is 0 Å². The van der Waals surface area contributed by atoms with E-state index >= 15 is 0 Å². The Bertz CT molecular complexity index is 841. The molecular weight excluding hydrogens is 424 g/mol. The van der Waals surface area contributed by atoms with Gasteiger partial charge in [0.15, 0.2) is 0 Å². The molecule has 1 amide bonds. The van der Waals surface area contributed by atoms with Crippen molar-refractivity contribution in [2.24, 2.45) is 0 Å². The predicted octanol–water partition coefficient (Wildman–Crippen LogP) is 6.55. The molecule has 0 bridgehead atoms. The number of benzene rings is 2. The van der Waals surface area contributed by atoms with Crippen molar-refractivity contribution >= 4 is 29.3 Å². The van der Waals surface area contributed by atoms with Gasteiger partial charge in [0.25, 0.3) is 5.91 Å². The average Bonchev–Trinajstić information content (AvgIpc) is 2.84. The summed E-state index contributed by atoms with van der Waals surface area (Å²) >= 11 is 7.73. The molecule has 1 saturated carbocycles. The third kappa shape index (κ3) is 6.06. The van der Waals surface area contributed by atoms with E-state index in [0.29, 0.717) is 0 Å². The normalized spacial score (nSPS) is 19.1. The van der Waals surface area contributed by atoms with Crippen molar-refractivity contribution in [3.8, 4) is 0 Å². The Balaban J connectivity index is 1.32. The molecule has 1 heterocycles. The summed E-state index contributed by atoms with van der Waals surface area (Å²) < 4.78 is 0. The van der Waals surface area contributed by atoms with Crippen LogP contribution in [0.25, 0.3) is 0 Å². The minimum absolute atomic E-state index is 0.0545. The standard InChI is InChI=1S/C26H33ClN2OS/c27-23-11-13-24(14-12-23)31-19-21-7-9-22(10-8-21)25(30)28-20-26(15-3-1-4-16-26)29-17-5-2-6-18-29/h7-14H,1-6,15-20H2,(H,28,30). The van der Waals surface area contributed by atoms with Crippen LogP contribution < -0.4 is 5.32 Å². The molecular formula is C26H33ClN2OS. The van der Waals surface area contributed by atoms with Crippen molar-refractivity contribution in [2.45, 2.75) is 67.6 Å². The van der Waals surface area contributed by atoms with E-state index in [1.54, 1.807) is 11.8 Å². The Morgan fingerprint density at radius 1 is 0.903 bits per heavy atom. The molecule has 0 spiro atoms. The minimum Gasteiger partial charge on any atom is -0.350 e. The summed E-state index contributed by atoms with van der Waals surface area (Å²) in [6.07, 6.45) is 10.3. The molecule has 0 unspecified atom stereocenters. The van der Waals surface area contributed by atoms with Gasteiger partial charge in [-0.1, -0.05) is 49.4 Å². The molecule has 1 aliphatic heterocycles. The second kappa shape index (κ2) is 10.9. The lowest BCUT2D eigenvalue weighted by molar-refractivity contribution is 0.0326. The lowest BCUT2D eigenvalue weighted by atomic mass is 9.79. The highest BCUT2D eigenvalue weighted by molar-refractivity contribution is 7.98. The van der Waals surface area contributed by atoms with Crippen molar-refractivity contribution in [3.05, 3.63) is 64.7 Å². The first kappa shape index (κ1) is 22.7. The Morgan fingerprint density at radius 2 is 1.55 bits per heavy atom. The summed E-state index contributed by atoms with van der Waals surface area (Å²) in [6.45, 7) is 3.16. The molecule has 0 atom stereocenters. The first-order chi connectivity index (χ1) is 15.1. The third-order valence-electron chi connectivity index (χ3n) is 6.82. The largest absolute Gasteiger partial charge is 0.350 e. The van der Waals surface area contributed by atoms with Crippen molar-refractivity contribution in [2.75, 3.05) is 19.6 Å². The summed E-state index contributed by atoms with van der Waals surface area (Å²) in [6, 6.07) is 16.0. The quantitative estimate of drug-likeness (QED) is 0.479. The second-order valence-corrected chi connectivity index (χ2v) is 10.4. The summed E-state index contributed by atoms with van der Waals surface area (Å²) in [7, 11) is 0. The number of carbonyl (C=O) groups excluding carboxylic acids is 1. The van der Waals surface area contributed by atoms with Crippen molar-refractivity contribution in [1.82, 2.24) is 10.2 Å². The Labute approximate surface area is 195 Å². The van der Waals surface area contributed by atoms with Gasteiger partial charge in [-0.05, 0) is 80.7 Å². The molecule has 166 valence electrons. The van der Waals surface area contributed by atoms with Gasteiger partial charge in [0.1, 0.15) is 0 Å². The molecule has 2 aliphatic rings. The maximum Gasteiger partial charge on any atom is 0.251 e. The number of piperidine rings is 1. The number of thioether (sulfide) groups is 1. The number of likely N-dealkylation sites (tertiary alicyclic amines) is 1. The van der Waals surface area contributed by atoms with Crippen LogP contribution in [0.4, 0.5) is 0 Å². The zero-order chi connectivity index (χ0) is 21.5. The fourth-order valence-electron chi connectivity index (χ4n) is 4.98. The van der Waals surface area contributed by atoms with E-state index in [-0.39, 0.29) is 11.4 Å². The van der Waals surface area contributed by atoms with Gasteiger partial charge in [-0.3, -0.25) is 9.69 Å². The van der Waals surface area contributed by atoms with Crippen molar-refractivity contribution < 1.29 is 4.79 Å². The predicted molar refractivity (Wildman–Crippen MR) is 131 cm³/mol. The molecule has 4 rings (SSSR count). The molecule has 31 heavy (non-hydrogen) atoms. The summed E-state index contributed by atoms with van der Waals surface area (Å²) in [5.41, 5.74) is 2.14. The Hall–Kier alpha value is -1.49. The van der Waals surface area contributed by atoms with E-state index in [1.165, 1.54) is 74.9 Å². The third-order valence-corrected chi connectivity index (χ3v) is 8.16. The molecule has 5 heteroatoms. The summed E-state index contributed by atoms with van der Waals surface area (Å²) in [5, 5.41) is 4.05. The monoisotopic (exact) mass is 456 g/mol. The smallest absolute Gasteiger partial charge is 0.251 e. The SMILES string of the molecule is O=C(NCC1(N2CCCCC2)CCCCC1)c1ccc(CSc2ccc(Cl)cc2)cc1. The number of halogens is 1. The van der Waals surface area contributed by atoms with E-state index in [9.17, 15) is 4.79 Å². The first-order valence-electron chi connectivity index (χ1n) is 11.7. The molecule has 1 N–H and O–H groups in total. The lowest BCUT2D eigenvalue weighted by Crippen LogP contribution is -2.58. The van der Waals surface area contributed by atoms with Gasteiger partial charge in [-0.15, -0.1) is 11.8 Å². The Kier molecular flexibility index (Phi) is 7.97. The first-order valence-corrected chi connectivity index (χ1v) is 13.0. The maximum atomic E-state index is 12.9. The van der Waals surface area contributed by atoms with E-state index in [4.69, 9.17) is 11.6 Å². The highest BCUT2D eigenvalue weighted by Gasteiger charge is 2.38. The van der Waals surface area contributed by atoms with Gasteiger partial charge < -0.3 is 5.32 Å². The number of hydrogen-bond donors (Lipinski definition) is 1. The highest BCUT2D eigenvalue weighted by atomic mass is 35.5. The van der Waals surface area contributed by atoms with Crippen LogP contribution in [0.15, 0.2) is 53.4 Å². The fraction of sp³-hybridized carbons (Fsp3) is 0.500. The molecule has 1 saturated heterocycles. The number of nitrogens with zero attached hydrogens (tertiary/aromatic N) is 1. The molecule has 0 aromatic heterocycles. The molecule has 0 radical (unpaired) electrons. The Morgan fingerprint density at radius 3 is 2.23 bits per heavy atom. The van der Waals surface area contributed by atoms with Crippen LogP contribution in [0, 0.1) is 0 Å². The molecule has 2 aromatic carbocycles. The summed E-state index contributed by atoms with van der Waals surface area (Å²) in [4.78, 5) is 16.8. The van der Waals surface area contributed by atoms with E-state index in [2.05, 4.69) is 22.3 Å².